The van der Waals surface area contributed by atoms with Crippen LogP contribution in [0, 0.1) is 5.82 Å². The van der Waals surface area contributed by atoms with Gasteiger partial charge in [-0.05, 0) is 18.2 Å². The fraction of sp³-hybridized carbons (Fsp3) is 0.125. The monoisotopic (exact) mass is 183 g/mol. The first-order valence-corrected chi connectivity index (χ1v) is 3.67. The minimum Gasteiger partial charge on any atom is -0.397 e. The zero-order valence-electron chi connectivity index (χ0n) is 6.88. The van der Waals surface area contributed by atoms with Crippen LogP contribution in [0.2, 0.25) is 0 Å². The number of amides is 1. The molecule has 0 unspecified atom stereocenters. The van der Waals surface area contributed by atoms with Crippen LogP contribution in [0.15, 0.2) is 18.2 Å². The first kappa shape index (κ1) is 9.31. The molecule has 1 aromatic carbocycles. The molecule has 70 valence electrons. The highest BCUT2D eigenvalue weighted by Crippen LogP contribution is 2.18. The van der Waals surface area contributed by atoms with Crippen molar-refractivity contribution in [1.29, 1.82) is 0 Å². The number of primary amides is 1. The molecule has 0 spiro atoms. The highest BCUT2D eigenvalue weighted by Gasteiger charge is 2.01. The fourth-order valence-corrected chi connectivity index (χ4v) is 0.864. The van der Waals surface area contributed by atoms with Crippen LogP contribution < -0.4 is 16.8 Å². The van der Waals surface area contributed by atoms with Crippen molar-refractivity contribution in [2.75, 3.05) is 17.6 Å². The van der Waals surface area contributed by atoms with Crippen LogP contribution in [0.4, 0.5) is 15.8 Å². The molecule has 0 saturated heterocycles. The molecule has 0 saturated carbocycles. The van der Waals surface area contributed by atoms with Gasteiger partial charge in [0.15, 0.2) is 0 Å². The van der Waals surface area contributed by atoms with Gasteiger partial charge in [-0.25, -0.2) is 4.39 Å². The van der Waals surface area contributed by atoms with E-state index >= 15 is 0 Å². The van der Waals surface area contributed by atoms with Gasteiger partial charge < -0.3 is 16.8 Å². The average Bonchev–Trinajstić information content (AvgIpc) is 2.06. The summed E-state index contributed by atoms with van der Waals surface area (Å²) < 4.78 is 12.7. The number of carbonyl (C=O) groups excluding carboxylic acids is 1. The smallest absolute Gasteiger partial charge is 0.236 e. The summed E-state index contributed by atoms with van der Waals surface area (Å²) in [6.07, 6.45) is 0. The molecule has 1 rings (SSSR count). The lowest BCUT2D eigenvalue weighted by molar-refractivity contribution is -0.116. The predicted octanol–water partition coefficient (Wildman–Crippen LogP) is 0.305. The Morgan fingerprint density at radius 2 is 2.23 bits per heavy atom. The Hall–Kier alpha value is -1.78. The average molecular weight is 183 g/mol. The van der Waals surface area contributed by atoms with Gasteiger partial charge in [-0.2, -0.15) is 0 Å². The summed E-state index contributed by atoms with van der Waals surface area (Å²) in [5, 5.41) is 2.61. The van der Waals surface area contributed by atoms with Gasteiger partial charge in [-0.3, -0.25) is 4.79 Å². The molecular formula is C8H10FN3O. The predicted molar refractivity (Wildman–Crippen MR) is 48.5 cm³/mol. The Labute approximate surface area is 74.7 Å². The molecule has 0 bridgehead atoms. The lowest BCUT2D eigenvalue weighted by Crippen LogP contribution is -2.22. The van der Waals surface area contributed by atoms with Crippen LogP contribution in [-0.2, 0) is 4.79 Å². The quantitative estimate of drug-likeness (QED) is 0.590. The van der Waals surface area contributed by atoms with Gasteiger partial charge in [-0.15, -0.1) is 0 Å². The Kier molecular flexibility index (Phi) is 2.69. The maximum Gasteiger partial charge on any atom is 0.236 e. The molecule has 0 aliphatic carbocycles. The number of hydrogen-bond acceptors (Lipinski definition) is 3. The number of rotatable bonds is 3. The molecule has 5 N–H and O–H groups in total. The number of halogens is 1. The summed E-state index contributed by atoms with van der Waals surface area (Å²) in [6, 6.07) is 3.86. The van der Waals surface area contributed by atoms with Gasteiger partial charge in [0.25, 0.3) is 0 Å². The highest BCUT2D eigenvalue weighted by molar-refractivity contribution is 5.80. The molecule has 0 aliphatic heterocycles. The van der Waals surface area contributed by atoms with Crippen molar-refractivity contribution in [2.24, 2.45) is 5.73 Å². The van der Waals surface area contributed by atoms with Gasteiger partial charge in [0.2, 0.25) is 5.91 Å². The summed E-state index contributed by atoms with van der Waals surface area (Å²) >= 11 is 0. The molecule has 1 aromatic rings. The topological polar surface area (TPSA) is 81.1 Å². The third-order valence-corrected chi connectivity index (χ3v) is 1.47. The second kappa shape index (κ2) is 3.75. The second-order valence-electron chi connectivity index (χ2n) is 2.55. The van der Waals surface area contributed by atoms with E-state index in [9.17, 15) is 9.18 Å². The second-order valence-corrected chi connectivity index (χ2v) is 2.55. The van der Waals surface area contributed by atoms with Crippen LogP contribution in [0.1, 0.15) is 0 Å². The SMILES string of the molecule is NC(=O)CNc1cc(F)ccc1N. The Morgan fingerprint density at radius 1 is 1.54 bits per heavy atom. The number of nitrogen functional groups attached to an aromatic ring is 1. The standard InChI is InChI=1S/C8H10FN3O/c9-5-1-2-6(10)7(3-5)12-4-8(11)13/h1-3,12H,4,10H2,(H2,11,13). The van der Waals surface area contributed by atoms with Crippen LogP contribution in [-0.4, -0.2) is 12.5 Å². The van der Waals surface area contributed by atoms with Gasteiger partial charge in [0.1, 0.15) is 5.82 Å². The lowest BCUT2D eigenvalue weighted by Gasteiger charge is -2.06. The highest BCUT2D eigenvalue weighted by atomic mass is 19.1. The van der Waals surface area contributed by atoms with E-state index in [1.165, 1.54) is 18.2 Å². The minimum absolute atomic E-state index is 0.0619. The Morgan fingerprint density at radius 3 is 2.85 bits per heavy atom. The van der Waals surface area contributed by atoms with E-state index in [1.54, 1.807) is 0 Å². The van der Waals surface area contributed by atoms with E-state index in [4.69, 9.17) is 11.5 Å². The normalized spacial score (nSPS) is 9.62. The molecule has 0 aliphatic rings. The zero-order chi connectivity index (χ0) is 9.84. The molecule has 0 aromatic heterocycles. The molecule has 0 radical (unpaired) electrons. The van der Waals surface area contributed by atoms with Crippen molar-refractivity contribution in [3.05, 3.63) is 24.0 Å². The van der Waals surface area contributed by atoms with E-state index in [0.29, 0.717) is 11.4 Å². The largest absolute Gasteiger partial charge is 0.397 e. The number of hydrogen-bond donors (Lipinski definition) is 3. The first-order chi connectivity index (χ1) is 6.09. The first-order valence-electron chi connectivity index (χ1n) is 3.67. The van der Waals surface area contributed by atoms with Gasteiger partial charge in [0.05, 0.1) is 17.9 Å². The maximum atomic E-state index is 12.7. The molecule has 0 atom stereocenters. The van der Waals surface area contributed by atoms with E-state index in [-0.39, 0.29) is 6.54 Å². The number of benzene rings is 1. The van der Waals surface area contributed by atoms with Crippen LogP contribution in [0.5, 0.6) is 0 Å². The fourth-order valence-electron chi connectivity index (χ4n) is 0.864. The molecule has 13 heavy (non-hydrogen) atoms. The van der Waals surface area contributed by atoms with E-state index in [0.717, 1.165) is 0 Å². The lowest BCUT2D eigenvalue weighted by atomic mass is 10.2. The number of nitrogens with two attached hydrogens (primary N) is 2. The number of nitrogens with one attached hydrogen (secondary N) is 1. The molecule has 0 heterocycles. The summed E-state index contributed by atoms with van der Waals surface area (Å²) in [5.74, 6) is -0.940. The summed E-state index contributed by atoms with van der Waals surface area (Å²) in [4.78, 5) is 10.4. The molecule has 4 nitrogen and oxygen atoms in total. The van der Waals surface area contributed by atoms with Crippen LogP contribution >= 0.6 is 0 Å². The van der Waals surface area contributed by atoms with Crippen molar-refractivity contribution >= 4 is 17.3 Å². The molecular weight excluding hydrogens is 173 g/mol. The van der Waals surface area contributed by atoms with Crippen molar-refractivity contribution in [2.45, 2.75) is 0 Å². The summed E-state index contributed by atoms with van der Waals surface area (Å²) in [5.41, 5.74) is 11.1. The third-order valence-electron chi connectivity index (χ3n) is 1.47. The van der Waals surface area contributed by atoms with Gasteiger partial charge in [0, 0.05) is 0 Å². The Balaban J connectivity index is 2.75. The molecule has 0 fully saturated rings. The zero-order valence-corrected chi connectivity index (χ0v) is 6.88. The van der Waals surface area contributed by atoms with Gasteiger partial charge >= 0.3 is 0 Å². The van der Waals surface area contributed by atoms with Crippen molar-refractivity contribution in [1.82, 2.24) is 0 Å². The third kappa shape index (κ3) is 2.62. The van der Waals surface area contributed by atoms with Crippen LogP contribution in [0.25, 0.3) is 0 Å². The summed E-state index contributed by atoms with van der Waals surface area (Å²) in [6.45, 7) is -0.0619. The van der Waals surface area contributed by atoms with Crippen molar-refractivity contribution < 1.29 is 9.18 Å². The maximum absolute atomic E-state index is 12.7. The van der Waals surface area contributed by atoms with E-state index < -0.39 is 11.7 Å². The summed E-state index contributed by atoms with van der Waals surface area (Å²) in [7, 11) is 0. The van der Waals surface area contributed by atoms with Crippen molar-refractivity contribution in [3.8, 4) is 0 Å². The van der Waals surface area contributed by atoms with Crippen molar-refractivity contribution in [3.63, 3.8) is 0 Å². The van der Waals surface area contributed by atoms with E-state index in [2.05, 4.69) is 5.32 Å². The Bertz CT molecular complexity index is 327. The molecule has 1 amide bonds. The number of carbonyl (C=O) groups is 1. The van der Waals surface area contributed by atoms with Crippen LogP contribution in [0.3, 0.4) is 0 Å². The molecule has 5 heteroatoms. The number of anilines is 2. The minimum atomic E-state index is -0.524. The van der Waals surface area contributed by atoms with E-state index in [1.807, 2.05) is 0 Å². The van der Waals surface area contributed by atoms with Gasteiger partial charge in [-0.1, -0.05) is 0 Å².